The van der Waals surface area contributed by atoms with Gasteiger partial charge >= 0.3 is 0 Å². The van der Waals surface area contributed by atoms with Crippen LogP contribution >= 0.6 is 0 Å². The molecular formula is C17H27NO2. The van der Waals surface area contributed by atoms with Crippen LogP contribution in [0.15, 0.2) is 0 Å². The van der Waals surface area contributed by atoms with E-state index < -0.39 is 5.60 Å². The molecule has 3 nitrogen and oxygen atoms in total. The third kappa shape index (κ3) is 1.71. The molecule has 5 fully saturated rings. The van der Waals surface area contributed by atoms with Gasteiger partial charge in [0.2, 0.25) is 5.91 Å². The van der Waals surface area contributed by atoms with Crippen LogP contribution in [0.3, 0.4) is 0 Å². The van der Waals surface area contributed by atoms with E-state index in [0.29, 0.717) is 19.0 Å². The van der Waals surface area contributed by atoms with E-state index in [9.17, 15) is 9.90 Å². The summed E-state index contributed by atoms with van der Waals surface area (Å²) >= 11 is 0. The summed E-state index contributed by atoms with van der Waals surface area (Å²) in [7, 11) is 0. The Balaban J connectivity index is 1.50. The zero-order chi connectivity index (χ0) is 14.1. The number of hydrogen-bond acceptors (Lipinski definition) is 2. The quantitative estimate of drug-likeness (QED) is 0.842. The molecule has 0 aromatic carbocycles. The monoisotopic (exact) mass is 277 g/mol. The van der Waals surface area contributed by atoms with Crippen molar-refractivity contribution in [2.24, 2.45) is 29.1 Å². The minimum atomic E-state index is -0.627. The van der Waals surface area contributed by atoms with E-state index in [-0.39, 0.29) is 11.3 Å². The van der Waals surface area contributed by atoms with Crippen molar-refractivity contribution in [2.75, 3.05) is 13.1 Å². The molecule has 0 atom stereocenters. The standard InChI is InChI=1S/C17H27NO2/c1-11(2)17(20)9-18(10-17)15(19)16-6-12-3-13(7-16)5-14(4-12)8-16/h11-14,20H,3-10H2,1-2H3. The zero-order valence-corrected chi connectivity index (χ0v) is 12.8. The molecule has 4 aliphatic carbocycles. The van der Waals surface area contributed by atoms with Crippen molar-refractivity contribution in [1.82, 2.24) is 4.90 Å². The zero-order valence-electron chi connectivity index (χ0n) is 12.8. The molecule has 20 heavy (non-hydrogen) atoms. The van der Waals surface area contributed by atoms with Gasteiger partial charge in [0, 0.05) is 0 Å². The second-order valence-electron chi connectivity index (χ2n) is 8.62. The fourth-order valence-electron chi connectivity index (χ4n) is 5.83. The highest BCUT2D eigenvalue weighted by molar-refractivity contribution is 5.84. The topological polar surface area (TPSA) is 40.5 Å². The fourth-order valence-corrected chi connectivity index (χ4v) is 5.83. The van der Waals surface area contributed by atoms with Crippen LogP contribution in [0, 0.1) is 29.1 Å². The van der Waals surface area contributed by atoms with Gasteiger partial charge in [-0.25, -0.2) is 0 Å². The summed E-state index contributed by atoms with van der Waals surface area (Å²) in [5.41, 5.74) is -0.662. The Morgan fingerprint density at radius 1 is 1.05 bits per heavy atom. The van der Waals surface area contributed by atoms with Crippen molar-refractivity contribution < 1.29 is 9.90 Å². The van der Waals surface area contributed by atoms with Gasteiger partial charge in [-0.2, -0.15) is 0 Å². The summed E-state index contributed by atoms with van der Waals surface area (Å²) in [6.07, 6.45) is 7.53. The first kappa shape index (κ1) is 13.1. The van der Waals surface area contributed by atoms with Gasteiger partial charge in [-0.05, 0) is 62.2 Å². The van der Waals surface area contributed by atoms with Gasteiger partial charge in [-0.1, -0.05) is 13.8 Å². The van der Waals surface area contributed by atoms with Crippen LogP contribution in [0.5, 0.6) is 0 Å². The highest BCUT2D eigenvalue weighted by Gasteiger charge is 2.58. The van der Waals surface area contributed by atoms with Crippen molar-refractivity contribution in [3.05, 3.63) is 0 Å². The molecule has 1 aliphatic heterocycles. The second kappa shape index (κ2) is 4.00. The van der Waals surface area contributed by atoms with Gasteiger partial charge < -0.3 is 10.0 Å². The number of aliphatic hydroxyl groups is 1. The number of nitrogens with zero attached hydrogens (tertiary/aromatic N) is 1. The third-order valence-corrected chi connectivity index (χ3v) is 6.78. The second-order valence-corrected chi connectivity index (χ2v) is 8.62. The first-order valence-electron chi connectivity index (χ1n) is 8.42. The predicted molar refractivity (Wildman–Crippen MR) is 77.0 cm³/mol. The lowest BCUT2D eigenvalue weighted by atomic mass is 9.49. The van der Waals surface area contributed by atoms with Crippen LogP contribution in [-0.2, 0) is 4.79 Å². The van der Waals surface area contributed by atoms with Crippen LogP contribution in [-0.4, -0.2) is 34.6 Å². The third-order valence-electron chi connectivity index (χ3n) is 6.78. The fraction of sp³-hybridized carbons (Fsp3) is 0.941. The van der Waals surface area contributed by atoms with Crippen molar-refractivity contribution in [3.8, 4) is 0 Å². The smallest absolute Gasteiger partial charge is 0.229 e. The Hall–Kier alpha value is -0.570. The van der Waals surface area contributed by atoms with Gasteiger partial charge in [-0.3, -0.25) is 4.79 Å². The summed E-state index contributed by atoms with van der Waals surface area (Å²) in [5, 5.41) is 10.4. The van der Waals surface area contributed by atoms with E-state index in [1.807, 2.05) is 18.7 Å². The highest BCUT2D eigenvalue weighted by Crippen LogP contribution is 2.61. The molecule has 0 radical (unpaired) electrons. The van der Waals surface area contributed by atoms with Crippen LogP contribution in [0.25, 0.3) is 0 Å². The average molecular weight is 277 g/mol. The predicted octanol–water partition coefficient (Wildman–Crippen LogP) is 2.43. The minimum Gasteiger partial charge on any atom is -0.386 e. The summed E-state index contributed by atoms with van der Waals surface area (Å²) < 4.78 is 0. The van der Waals surface area contributed by atoms with Crippen molar-refractivity contribution in [3.63, 3.8) is 0 Å². The number of rotatable bonds is 2. The Labute approximate surface area is 121 Å². The van der Waals surface area contributed by atoms with Crippen LogP contribution in [0.4, 0.5) is 0 Å². The Morgan fingerprint density at radius 2 is 1.50 bits per heavy atom. The van der Waals surface area contributed by atoms with Gasteiger partial charge in [0.25, 0.3) is 0 Å². The first-order valence-corrected chi connectivity index (χ1v) is 8.42. The summed E-state index contributed by atoms with van der Waals surface area (Å²) in [5.74, 6) is 3.06. The Morgan fingerprint density at radius 3 is 1.90 bits per heavy atom. The molecule has 1 N–H and O–H groups in total. The molecule has 3 heteroatoms. The lowest BCUT2D eigenvalue weighted by Gasteiger charge is -2.59. The highest BCUT2D eigenvalue weighted by atomic mass is 16.3. The molecule has 4 saturated carbocycles. The Bertz CT molecular complexity index is 401. The summed E-state index contributed by atoms with van der Waals surface area (Å²) in [6, 6.07) is 0. The normalized spacial score (nSPS) is 44.8. The number of β-amino-alcohol motifs (C(OH)–C–C–N with tert-alkyl or cyclic N) is 1. The summed E-state index contributed by atoms with van der Waals surface area (Å²) in [4.78, 5) is 15.0. The lowest BCUT2D eigenvalue weighted by Crippen LogP contribution is -2.69. The van der Waals surface area contributed by atoms with E-state index in [2.05, 4.69) is 0 Å². The number of amides is 1. The van der Waals surface area contributed by atoms with E-state index in [1.54, 1.807) is 0 Å². The molecule has 5 aliphatic rings. The van der Waals surface area contributed by atoms with Crippen molar-refractivity contribution >= 4 is 5.91 Å². The molecule has 0 unspecified atom stereocenters. The summed E-state index contributed by atoms with van der Waals surface area (Å²) in [6.45, 7) is 5.22. The molecule has 0 aromatic rings. The molecule has 4 bridgehead atoms. The molecule has 1 saturated heterocycles. The van der Waals surface area contributed by atoms with Gasteiger partial charge in [0.15, 0.2) is 0 Å². The maximum absolute atomic E-state index is 13.0. The molecule has 1 amide bonds. The number of carbonyl (C=O) groups excluding carboxylic acids is 1. The maximum Gasteiger partial charge on any atom is 0.229 e. The first-order chi connectivity index (χ1) is 9.40. The Kier molecular flexibility index (Phi) is 2.62. The number of carbonyl (C=O) groups is 1. The van der Waals surface area contributed by atoms with Crippen LogP contribution in [0.2, 0.25) is 0 Å². The van der Waals surface area contributed by atoms with Crippen molar-refractivity contribution in [2.45, 2.75) is 58.0 Å². The van der Waals surface area contributed by atoms with Gasteiger partial charge in [-0.15, -0.1) is 0 Å². The van der Waals surface area contributed by atoms with E-state index in [0.717, 1.165) is 37.0 Å². The molecule has 0 spiro atoms. The minimum absolute atomic E-state index is 0.0347. The number of hydrogen-bond donors (Lipinski definition) is 1. The number of likely N-dealkylation sites (tertiary alicyclic amines) is 1. The van der Waals surface area contributed by atoms with Crippen LogP contribution in [0.1, 0.15) is 52.4 Å². The van der Waals surface area contributed by atoms with E-state index in [1.165, 1.54) is 19.3 Å². The molecule has 0 aromatic heterocycles. The molecule has 112 valence electrons. The van der Waals surface area contributed by atoms with Crippen molar-refractivity contribution in [1.29, 1.82) is 0 Å². The van der Waals surface area contributed by atoms with E-state index >= 15 is 0 Å². The molecule has 5 rings (SSSR count). The van der Waals surface area contributed by atoms with E-state index in [4.69, 9.17) is 0 Å². The average Bonchev–Trinajstić information content (AvgIpc) is 2.32. The largest absolute Gasteiger partial charge is 0.386 e. The molecular weight excluding hydrogens is 250 g/mol. The van der Waals surface area contributed by atoms with Gasteiger partial charge in [0.05, 0.1) is 18.5 Å². The SMILES string of the molecule is CC(C)C1(O)CN(C(=O)C23CC4CC(CC(C4)C2)C3)C1. The molecule has 1 heterocycles. The van der Waals surface area contributed by atoms with Crippen LogP contribution < -0.4 is 0 Å². The maximum atomic E-state index is 13.0. The van der Waals surface area contributed by atoms with Gasteiger partial charge in [0.1, 0.15) is 5.60 Å². The lowest BCUT2D eigenvalue weighted by molar-refractivity contribution is -0.185.